The van der Waals surface area contributed by atoms with Gasteiger partial charge in [-0.05, 0) is 11.6 Å². The topological polar surface area (TPSA) is 85.1 Å². The standard InChI is InChI=1S/C13H8F3N3O3/c14-10-8(4-9(19(21)22)11(15)12(10)16)13(20)18-6-7-2-1-3-17-5-7/h1-5H,6H2,(H,18,20). The van der Waals surface area contributed by atoms with Gasteiger partial charge in [-0.2, -0.15) is 4.39 Å². The van der Waals surface area contributed by atoms with Crippen LogP contribution in [0.25, 0.3) is 0 Å². The first-order chi connectivity index (χ1) is 10.4. The van der Waals surface area contributed by atoms with Crippen molar-refractivity contribution >= 4 is 11.6 Å². The first-order valence-corrected chi connectivity index (χ1v) is 5.90. The molecule has 0 aliphatic carbocycles. The number of nitro benzene ring substituents is 1. The number of hydrogen-bond acceptors (Lipinski definition) is 4. The van der Waals surface area contributed by atoms with Crippen LogP contribution in [0.4, 0.5) is 18.9 Å². The number of carbonyl (C=O) groups is 1. The van der Waals surface area contributed by atoms with Gasteiger partial charge in [0.25, 0.3) is 5.91 Å². The highest BCUT2D eigenvalue weighted by atomic mass is 19.2. The highest BCUT2D eigenvalue weighted by Gasteiger charge is 2.28. The Kier molecular flexibility index (Phi) is 4.35. The van der Waals surface area contributed by atoms with Gasteiger partial charge in [0.15, 0.2) is 5.82 Å². The van der Waals surface area contributed by atoms with Gasteiger partial charge in [0.1, 0.15) is 0 Å². The van der Waals surface area contributed by atoms with E-state index in [4.69, 9.17) is 0 Å². The lowest BCUT2D eigenvalue weighted by molar-refractivity contribution is -0.387. The Morgan fingerprint density at radius 3 is 2.59 bits per heavy atom. The molecule has 22 heavy (non-hydrogen) atoms. The number of carbonyl (C=O) groups excluding carboxylic acids is 1. The van der Waals surface area contributed by atoms with Crippen LogP contribution in [-0.4, -0.2) is 15.8 Å². The maximum Gasteiger partial charge on any atom is 0.308 e. The molecule has 1 amide bonds. The zero-order chi connectivity index (χ0) is 16.3. The average molecular weight is 311 g/mol. The summed E-state index contributed by atoms with van der Waals surface area (Å²) in [5.41, 5.74) is -1.69. The van der Waals surface area contributed by atoms with E-state index in [-0.39, 0.29) is 6.54 Å². The lowest BCUT2D eigenvalue weighted by atomic mass is 10.1. The molecule has 0 aliphatic rings. The van der Waals surface area contributed by atoms with E-state index in [1.54, 1.807) is 12.1 Å². The summed E-state index contributed by atoms with van der Waals surface area (Å²) in [6, 6.07) is 3.58. The molecule has 9 heteroatoms. The number of nitrogens with one attached hydrogen (secondary N) is 1. The molecule has 1 N–H and O–H groups in total. The first kappa shape index (κ1) is 15.4. The molecule has 1 aromatic carbocycles. The van der Waals surface area contributed by atoms with Crippen LogP contribution in [0.2, 0.25) is 0 Å². The lowest BCUT2D eigenvalue weighted by Crippen LogP contribution is -2.24. The van der Waals surface area contributed by atoms with Crippen LogP contribution >= 0.6 is 0 Å². The molecule has 1 aromatic heterocycles. The third-order valence-corrected chi connectivity index (χ3v) is 2.75. The van der Waals surface area contributed by atoms with E-state index in [2.05, 4.69) is 10.3 Å². The summed E-state index contributed by atoms with van der Waals surface area (Å²) in [4.78, 5) is 24.9. The monoisotopic (exact) mass is 311 g/mol. The van der Waals surface area contributed by atoms with E-state index in [1.165, 1.54) is 12.4 Å². The van der Waals surface area contributed by atoms with Gasteiger partial charge in [-0.15, -0.1) is 0 Å². The molecule has 0 unspecified atom stereocenters. The third-order valence-electron chi connectivity index (χ3n) is 2.75. The van der Waals surface area contributed by atoms with Crippen molar-refractivity contribution in [1.29, 1.82) is 0 Å². The number of aromatic nitrogens is 1. The van der Waals surface area contributed by atoms with Crippen LogP contribution in [-0.2, 0) is 6.54 Å². The molecule has 0 saturated carbocycles. The van der Waals surface area contributed by atoms with Crippen LogP contribution in [0.15, 0.2) is 30.6 Å². The summed E-state index contributed by atoms with van der Waals surface area (Å²) in [5, 5.41) is 12.8. The van der Waals surface area contributed by atoms with Crippen LogP contribution in [0.1, 0.15) is 15.9 Å². The normalized spacial score (nSPS) is 10.3. The van der Waals surface area contributed by atoms with Crippen LogP contribution in [0, 0.1) is 27.6 Å². The predicted molar refractivity (Wildman–Crippen MR) is 68.4 cm³/mol. The third kappa shape index (κ3) is 3.03. The summed E-state index contributed by atoms with van der Waals surface area (Å²) < 4.78 is 40.1. The minimum absolute atomic E-state index is 0.0566. The van der Waals surface area contributed by atoms with Gasteiger partial charge in [0, 0.05) is 25.0 Å². The predicted octanol–water partition coefficient (Wildman–Crippen LogP) is 2.34. The van der Waals surface area contributed by atoms with Gasteiger partial charge in [-0.25, -0.2) is 8.78 Å². The fourth-order valence-corrected chi connectivity index (χ4v) is 1.67. The Hall–Kier alpha value is -2.97. The van der Waals surface area contributed by atoms with E-state index in [0.717, 1.165) is 0 Å². The van der Waals surface area contributed by atoms with Gasteiger partial charge in [0.05, 0.1) is 10.5 Å². The van der Waals surface area contributed by atoms with Crippen molar-refractivity contribution in [2.24, 2.45) is 0 Å². The van der Waals surface area contributed by atoms with Gasteiger partial charge in [-0.3, -0.25) is 19.9 Å². The van der Waals surface area contributed by atoms with Crippen molar-refractivity contribution < 1.29 is 22.9 Å². The number of benzene rings is 1. The maximum atomic E-state index is 13.6. The molecule has 0 aliphatic heterocycles. The zero-order valence-corrected chi connectivity index (χ0v) is 10.8. The Labute approximate surface area is 121 Å². The molecule has 6 nitrogen and oxygen atoms in total. The zero-order valence-electron chi connectivity index (χ0n) is 10.8. The van der Waals surface area contributed by atoms with Crippen molar-refractivity contribution in [3.63, 3.8) is 0 Å². The second-order valence-electron chi connectivity index (χ2n) is 4.19. The smallest absolute Gasteiger partial charge is 0.308 e. The average Bonchev–Trinajstić information content (AvgIpc) is 2.51. The molecule has 1 heterocycles. The summed E-state index contributed by atoms with van der Waals surface area (Å²) in [6.07, 6.45) is 2.94. The number of halogens is 3. The molecule has 0 radical (unpaired) electrons. The minimum atomic E-state index is -2.07. The fourth-order valence-electron chi connectivity index (χ4n) is 1.67. The van der Waals surface area contributed by atoms with Gasteiger partial charge >= 0.3 is 5.69 Å². The molecule has 0 bridgehead atoms. The van der Waals surface area contributed by atoms with Crippen molar-refractivity contribution in [3.8, 4) is 0 Å². The second-order valence-corrected chi connectivity index (χ2v) is 4.19. The van der Waals surface area contributed by atoms with E-state index >= 15 is 0 Å². The SMILES string of the molecule is O=C(NCc1cccnc1)c1cc([N+](=O)[O-])c(F)c(F)c1F. The first-order valence-electron chi connectivity index (χ1n) is 5.90. The van der Waals surface area contributed by atoms with Crippen molar-refractivity contribution in [2.75, 3.05) is 0 Å². The number of amides is 1. The quantitative estimate of drug-likeness (QED) is 0.533. The number of pyridine rings is 1. The van der Waals surface area contributed by atoms with Gasteiger partial charge < -0.3 is 5.32 Å². The molecule has 0 atom stereocenters. The van der Waals surface area contributed by atoms with Crippen LogP contribution in [0.5, 0.6) is 0 Å². The Morgan fingerprint density at radius 1 is 1.27 bits per heavy atom. The molecule has 114 valence electrons. The summed E-state index contributed by atoms with van der Waals surface area (Å²) >= 11 is 0. The summed E-state index contributed by atoms with van der Waals surface area (Å²) in [6.45, 7) is -0.0566. The second kappa shape index (κ2) is 6.20. The molecule has 0 saturated heterocycles. The largest absolute Gasteiger partial charge is 0.348 e. The number of nitro groups is 1. The van der Waals surface area contributed by atoms with Crippen LogP contribution < -0.4 is 5.32 Å². The van der Waals surface area contributed by atoms with Crippen molar-refractivity contribution in [3.05, 3.63) is 69.3 Å². The molecular formula is C13H8F3N3O3. The maximum absolute atomic E-state index is 13.6. The summed E-state index contributed by atoms with van der Waals surface area (Å²) in [5.74, 6) is -6.91. The summed E-state index contributed by atoms with van der Waals surface area (Å²) in [7, 11) is 0. The molecule has 0 fully saturated rings. The molecule has 2 aromatic rings. The fraction of sp³-hybridized carbons (Fsp3) is 0.0769. The Bertz CT molecular complexity index is 738. The lowest BCUT2D eigenvalue weighted by Gasteiger charge is -2.07. The van der Waals surface area contributed by atoms with Gasteiger partial charge in [-0.1, -0.05) is 6.07 Å². The van der Waals surface area contributed by atoms with E-state index in [1.807, 2.05) is 0 Å². The number of hydrogen-bond donors (Lipinski definition) is 1. The highest BCUT2D eigenvalue weighted by Crippen LogP contribution is 2.25. The number of rotatable bonds is 4. The van der Waals surface area contributed by atoms with Crippen molar-refractivity contribution in [2.45, 2.75) is 6.54 Å². The minimum Gasteiger partial charge on any atom is -0.348 e. The van der Waals surface area contributed by atoms with E-state index in [0.29, 0.717) is 11.6 Å². The van der Waals surface area contributed by atoms with E-state index in [9.17, 15) is 28.1 Å². The molecule has 0 spiro atoms. The number of nitrogens with zero attached hydrogens (tertiary/aromatic N) is 2. The van der Waals surface area contributed by atoms with Gasteiger partial charge in [0.2, 0.25) is 11.6 Å². The Balaban J connectivity index is 2.28. The van der Waals surface area contributed by atoms with E-state index < -0.39 is 39.5 Å². The Morgan fingerprint density at radius 2 is 2.00 bits per heavy atom. The van der Waals surface area contributed by atoms with Crippen molar-refractivity contribution in [1.82, 2.24) is 10.3 Å². The molecule has 2 rings (SSSR count). The van der Waals surface area contributed by atoms with Crippen LogP contribution in [0.3, 0.4) is 0 Å². The molecular weight excluding hydrogens is 303 g/mol. The highest BCUT2D eigenvalue weighted by molar-refractivity contribution is 5.95.